The summed E-state index contributed by atoms with van der Waals surface area (Å²) in [7, 11) is 0. The fourth-order valence-electron chi connectivity index (χ4n) is 2.69. The van der Waals surface area contributed by atoms with Crippen molar-refractivity contribution in [1.82, 2.24) is 5.32 Å². The Balaban J connectivity index is 2.05. The average Bonchev–Trinajstić information content (AvgIpc) is 2.82. The summed E-state index contributed by atoms with van der Waals surface area (Å²) in [5.41, 5.74) is 2.38. The van der Waals surface area contributed by atoms with Crippen LogP contribution in [0, 0.1) is 0 Å². The minimum atomic E-state index is 0.251. The van der Waals surface area contributed by atoms with Crippen LogP contribution in [0.3, 0.4) is 0 Å². The molecule has 0 saturated carbocycles. The summed E-state index contributed by atoms with van der Waals surface area (Å²) >= 11 is 0. The molecule has 0 amide bonds. The van der Waals surface area contributed by atoms with Gasteiger partial charge in [0.1, 0.15) is 17.6 Å². The van der Waals surface area contributed by atoms with Crippen LogP contribution in [0.5, 0.6) is 11.5 Å². The molecule has 1 aromatic rings. The number of nitrogens with one attached hydrogen (secondary N) is 1. The number of benzene rings is 1. The van der Waals surface area contributed by atoms with Crippen LogP contribution in [0.15, 0.2) is 12.1 Å². The maximum Gasteiger partial charge on any atom is 0.124 e. The number of aliphatic hydroxyl groups is 1. The molecule has 0 aliphatic carbocycles. The summed E-state index contributed by atoms with van der Waals surface area (Å²) in [4.78, 5) is 0. The Kier molecular flexibility index (Phi) is 5.88. The zero-order valence-electron chi connectivity index (χ0n) is 13.3. The van der Waals surface area contributed by atoms with E-state index in [1.165, 1.54) is 5.56 Å². The quantitative estimate of drug-likeness (QED) is 0.773. The van der Waals surface area contributed by atoms with E-state index in [9.17, 15) is 0 Å². The van der Waals surface area contributed by atoms with Crippen molar-refractivity contribution in [2.75, 3.05) is 13.2 Å². The van der Waals surface area contributed by atoms with E-state index < -0.39 is 0 Å². The molecule has 4 heteroatoms. The van der Waals surface area contributed by atoms with Gasteiger partial charge in [-0.1, -0.05) is 0 Å². The van der Waals surface area contributed by atoms with Gasteiger partial charge in [0.2, 0.25) is 0 Å². The first-order valence-corrected chi connectivity index (χ1v) is 7.93. The minimum absolute atomic E-state index is 0.251. The van der Waals surface area contributed by atoms with Crippen molar-refractivity contribution >= 4 is 0 Å². The number of aliphatic hydroxyl groups excluding tert-OH is 1. The highest BCUT2D eigenvalue weighted by Gasteiger charge is 2.21. The number of fused-ring (bicyclic) bond motifs is 1. The van der Waals surface area contributed by atoms with Gasteiger partial charge in [-0.3, -0.25) is 0 Å². The van der Waals surface area contributed by atoms with E-state index in [1.54, 1.807) is 0 Å². The van der Waals surface area contributed by atoms with E-state index >= 15 is 0 Å². The largest absolute Gasteiger partial charge is 0.494 e. The van der Waals surface area contributed by atoms with Gasteiger partial charge in [0, 0.05) is 36.7 Å². The normalized spacial score (nSPS) is 18.2. The second-order valence-corrected chi connectivity index (χ2v) is 5.78. The summed E-state index contributed by atoms with van der Waals surface area (Å²) in [6.07, 6.45) is 3.01. The van der Waals surface area contributed by atoms with Gasteiger partial charge in [0.15, 0.2) is 0 Å². The van der Waals surface area contributed by atoms with E-state index in [-0.39, 0.29) is 12.7 Å². The first kappa shape index (κ1) is 16.1. The number of hydrogen-bond acceptors (Lipinski definition) is 4. The molecule has 0 fully saturated rings. The molecule has 0 aromatic heterocycles. The summed E-state index contributed by atoms with van der Waals surface area (Å²) in [6.45, 7) is 7.92. The highest BCUT2D eigenvalue weighted by molar-refractivity contribution is 5.48. The van der Waals surface area contributed by atoms with Gasteiger partial charge < -0.3 is 19.9 Å². The van der Waals surface area contributed by atoms with Gasteiger partial charge in [-0.05, 0) is 45.7 Å². The molecular weight excluding hydrogens is 266 g/mol. The van der Waals surface area contributed by atoms with Crippen molar-refractivity contribution in [3.63, 3.8) is 0 Å². The molecule has 118 valence electrons. The van der Waals surface area contributed by atoms with Crippen LogP contribution in [0.1, 0.15) is 44.7 Å². The highest BCUT2D eigenvalue weighted by atomic mass is 16.5. The lowest BCUT2D eigenvalue weighted by Gasteiger charge is -2.16. The van der Waals surface area contributed by atoms with Crippen molar-refractivity contribution in [3.8, 4) is 11.5 Å². The van der Waals surface area contributed by atoms with Gasteiger partial charge in [-0.15, -0.1) is 0 Å². The van der Waals surface area contributed by atoms with Crippen LogP contribution < -0.4 is 14.8 Å². The SMILES string of the molecule is CCOc1cc2c(cc1CNC(C)CCCO)OC(C)C2. The first-order chi connectivity index (χ1) is 10.1. The number of ether oxygens (including phenoxy) is 2. The molecule has 0 spiro atoms. The number of hydrogen-bond donors (Lipinski definition) is 2. The molecular formula is C17H27NO3. The Morgan fingerprint density at radius 3 is 3.00 bits per heavy atom. The van der Waals surface area contributed by atoms with E-state index in [1.807, 2.05) is 6.92 Å². The lowest BCUT2D eigenvalue weighted by molar-refractivity contribution is 0.254. The predicted molar refractivity (Wildman–Crippen MR) is 84.0 cm³/mol. The van der Waals surface area contributed by atoms with Crippen molar-refractivity contribution in [3.05, 3.63) is 23.3 Å². The Morgan fingerprint density at radius 1 is 1.48 bits per heavy atom. The molecule has 2 unspecified atom stereocenters. The third-order valence-corrected chi connectivity index (χ3v) is 3.82. The number of rotatable bonds is 8. The minimum Gasteiger partial charge on any atom is -0.494 e. The van der Waals surface area contributed by atoms with Crippen molar-refractivity contribution in [2.45, 2.75) is 58.7 Å². The molecule has 1 aliphatic rings. The van der Waals surface area contributed by atoms with Crippen LogP contribution in [0.2, 0.25) is 0 Å². The zero-order valence-corrected chi connectivity index (χ0v) is 13.3. The Labute approximate surface area is 127 Å². The molecule has 0 saturated heterocycles. The Morgan fingerprint density at radius 2 is 2.29 bits per heavy atom. The summed E-state index contributed by atoms with van der Waals surface area (Å²) in [5.74, 6) is 1.95. The van der Waals surface area contributed by atoms with E-state index in [4.69, 9.17) is 14.6 Å². The molecule has 0 bridgehead atoms. The molecule has 1 heterocycles. The predicted octanol–water partition coefficient (Wildman–Crippen LogP) is 2.66. The lowest BCUT2D eigenvalue weighted by Crippen LogP contribution is -2.26. The van der Waals surface area contributed by atoms with Crippen molar-refractivity contribution < 1.29 is 14.6 Å². The highest BCUT2D eigenvalue weighted by Crippen LogP contribution is 2.35. The molecule has 2 atom stereocenters. The fraction of sp³-hybridized carbons (Fsp3) is 0.647. The summed E-state index contributed by atoms with van der Waals surface area (Å²) < 4.78 is 11.6. The van der Waals surface area contributed by atoms with Gasteiger partial charge >= 0.3 is 0 Å². The Bertz CT molecular complexity index is 462. The molecule has 1 aromatic carbocycles. The second kappa shape index (κ2) is 7.66. The lowest BCUT2D eigenvalue weighted by atomic mass is 10.1. The van der Waals surface area contributed by atoms with Crippen LogP contribution in [-0.4, -0.2) is 30.5 Å². The van der Waals surface area contributed by atoms with Crippen molar-refractivity contribution in [1.29, 1.82) is 0 Å². The standard InChI is InChI=1S/C17H27NO3/c1-4-20-16-9-14-8-13(3)21-17(14)10-15(16)11-18-12(2)6-5-7-19/h9-10,12-13,18-19H,4-8,11H2,1-3H3. The first-order valence-electron chi connectivity index (χ1n) is 7.93. The Hall–Kier alpha value is -1.26. The van der Waals surface area contributed by atoms with Gasteiger partial charge in [-0.25, -0.2) is 0 Å². The van der Waals surface area contributed by atoms with Crippen LogP contribution in [-0.2, 0) is 13.0 Å². The molecule has 4 nitrogen and oxygen atoms in total. The zero-order chi connectivity index (χ0) is 15.2. The molecule has 21 heavy (non-hydrogen) atoms. The van der Waals surface area contributed by atoms with Crippen LogP contribution >= 0.6 is 0 Å². The van der Waals surface area contributed by atoms with E-state index in [0.29, 0.717) is 12.6 Å². The third kappa shape index (κ3) is 4.35. The van der Waals surface area contributed by atoms with Crippen molar-refractivity contribution in [2.24, 2.45) is 0 Å². The molecule has 1 aliphatic heterocycles. The van der Waals surface area contributed by atoms with Gasteiger partial charge in [-0.2, -0.15) is 0 Å². The van der Waals surface area contributed by atoms with Gasteiger partial charge in [0.05, 0.1) is 6.61 Å². The molecule has 2 rings (SSSR count). The monoisotopic (exact) mass is 293 g/mol. The van der Waals surface area contributed by atoms with Crippen LogP contribution in [0.25, 0.3) is 0 Å². The topological polar surface area (TPSA) is 50.7 Å². The third-order valence-electron chi connectivity index (χ3n) is 3.82. The summed E-state index contributed by atoms with van der Waals surface area (Å²) in [6, 6.07) is 4.60. The molecule has 2 N–H and O–H groups in total. The summed E-state index contributed by atoms with van der Waals surface area (Å²) in [5, 5.41) is 12.4. The fourth-order valence-corrected chi connectivity index (χ4v) is 2.69. The van der Waals surface area contributed by atoms with E-state index in [0.717, 1.165) is 42.9 Å². The maximum atomic E-state index is 8.88. The maximum absolute atomic E-state index is 8.88. The second-order valence-electron chi connectivity index (χ2n) is 5.78. The smallest absolute Gasteiger partial charge is 0.124 e. The van der Waals surface area contributed by atoms with Gasteiger partial charge in [0.25, 0.3) is 0 Å². The molecule has 0 radical (unpaired) electrons. The van der Waals surface area contributed by atoms with E-state index in [2.05, 4.69) is 31.3 Å². The average molecular weight is 293 g/mol. The van der Waals surface area contributed by atoms with Crippen LogP contribution in [0.4, 0.5) is 0 Å².